The highest BCUT2D eigenvalue weighted by molar-refractivity contribution is 9.09. The summed E-state index contributed by atoms with van der Waals surface area (Å²) in [5, 5.41) is 9.31. The Morgan fingerprint density at radius 1 is 1.25 bits per heavy atom. The van der Waals surface area contributed by atoms with E-state index in [-0.39, 0.29) is 36.4 Å². The number of alkyl halides is 1. The molecule has 3 aliphatic heterocycles. The van der Waals surface area contributed by atoms with Crippen molar-refractivity contribution in [2.75, 3.05) is 26.3 Å². The van der Waals surface area contributed by atoms with E-state index in [2.05, 4.69) is 29.1 Å². The molecule has 1 spiro atoms. The van der Waals surface area contributed by atoms with Crippen molar-refractivity contribution < 1.29 is 29.0 Å². The fraction of sp³-hybridized carbons (Fsp3) is 0.519. The molecule has 6 atom stereocenters. The van der Waals surface area contributed by atoms with Gasteiger partial charge in [-0.1, -0.05) is 65.0 Å². The third-order valence-corrected chi connectivity index (χ3v) is 8.17. The lowest BCUT2D eigenvalue weighted by Gasteiger charge is -2.37. The Kier molecular flexibility index (Phi) is 8.32. The second-order valence-corrected chi connectivity index (χ2v) is 10.7. The molecule has 3 unspecified atom stereocenters. The summed E-state index contributed by atoms with van der Waals surface area (Å²) in [5.41, 5.74) is -0.181. The summed E-state index contributed by atoms with van der Waals surface area (Å²) in [4.78, 5) is 44.2. The molecule has 1 aromatic carbocycles. The molecule has 2 amide bonds. The Labute approximate surface area is 220 Å². The van der Waals surface area contributed by atoms with Crippen molar-refractivity contribution in [3.63, 3.8) is 0 Å². The van der Waals surface area contributed by atoms with Crippen molar-refractivity contribution in [3.05, 3.63) is 61.2 Å². The van der Waals surface area contributed by atoms with Gasteiger partial charge < -0.3 is 24.4 Å². The molecule has 0 saturated carbocycles. The van der Waals surface area contributed by atoms with Gasteiger partial charge in [-0.3, -0.25) is 14.4 Å². The van der Waals surface area contributed by atoms with Crippen molar-refractivity contribution >= 4 is 33.7 Å². The number of halogens is 1. The van der Waals surface area contributed by atoms with Gasteiger partial charge in [0.25, 0.3) is 0 Å². The van der Waals surface area contributed by atoms with Crippen LogP contribution in [0.2, 0.25) is 0 Å². The molecular formula is C27H33BrN2O6. The van der Waals surface area contributed by atoms with Gasteiger partial charge in [-0.05, 0) is 24.8 Å². The number of likely N-dealkylation sites (tertiary alicyclic amines) is 1. The SMILES string of the molecule is C=CCOC(=O)[C@H]1[C@@H]2OC3(CC2Br)C(C(=O)N(CC=C)Cc2ccccc2)N(CCCCO)C(=O)[C@H]13. The van der Waals surface area contributed by atoms with Crippen LogP contribution in [0.5, 0.6) is 0 Å². The smallest absolute Gasteiger partial charge is 0.312 e. The first-order valence-electron chi connectivity index (χ1n) is 12.3. The number of carbonyl (C=O) groups is 3. The summed E-state index contributed by atoms with van der Waals surface area (Å²) in [5.74, 6) is -2.64. The van der Waals surface area contributed by atoms with Gasteiger partial charge in [-0.2, -0.15) is 0 Å². The highest BCUT2D eigenvalue weighted by atomic mass is 79.9. The minimum absolute atomic E-state index is 0.00956. The minimum Gasteiger partial charge on any atom is -0.461 e. The van der Waals surface area contributed by atoms with E-state index >= 15 is 0 Å². The van der Waals surface area contributed by atoms with Gasteiger partial charge >= 0.3 is 5.97 Å². The van der Waals surface area contributed by atoms with Crippen LogP contribution in [-0.2, 0) is 30.4 Å². The molecule has 0 aromatic heterocycles. The van der Waals surface area contributed by atoms with Crippen LogP contribution >= 0.6 is 15.9 Å². The van der Waals surface area contributed by atoms with Crippen molar-refractivity contribution in [1.29, 1.82) is 0 Å². The third kappa shape index (κ3) is 4.64. The lowest BCUT2D eigenvalue weighted by atomic mass is 9.70. The quantitative estimate of drug-likeness (QED) is 0.182. The predicted octanol–water partition coefficient (Wildman–Crippen LogP) is 2.45. The summed E-state index contributed by atoms with van der Waals surface area (Å²) in [6, 6.07) is 8.74. The van der Waals surface area contributed by atoms with Crippen LogP contribution in [-0.4, -0.2) is 81.6 Å². The average Bonchev–Trinajstić information content (AvgIpc) is 3.46. The van der Waals surface area contributed by atoms with Gasteiger partial charge in [-0.25, -0.2) is 0 Å². The van der Waals surface area contributed by atoms with Gasteiger partial charge in [0.05, 0.1) is 17.9 Å². The van der Waals surface area contributed by atoms with Crippen LogP contribution in [0.3, 0.4) is 0 Å². The van der Waals surface area contributed by atoms with E-state index in [4.69, 9.17) is 9.47 Å². The second kappa shape index (κ2) is 11.3. The van der Waals surface area contributed by atoms with Crippen LogP contribution in [0, 0.1) is 11.8 Å². The summed E-state index contributed by atoms with van der Waals surface area (Å²) < 4.78 is 11.8. The molecule has 3 heterocycles. The number of ether oxygens (including phenoxy) is 2. The number of esters is 1. The van der Waals surface area contributed by atoms with Crippen LogP contribution in [0.15, 0.2) is 55.6 Å². The molecule has 3 aliphatic rings. The number of benzene rings is 1. The molecule has 1 aromatic rings. The molecule has 194 valence electrons. The first-order valence-corrected chi connectivity index (χ1v) is 13.3. The predicted molar refractivity (Wildman–Crippen MR) is 137 cm³/mol. The van der Waals surface area contributed by atoms with Gasteiger partial charge in [0.1, 0.15) is 18.2 Å². The number of hydrogen-bond donors (Lipinski definition) is 1. The zero-order valence-electron chi connectivity index (χ0n) is 20.3. The molecule has 0 radical (unpaired) electrons. The normalized spacial score (nSPS) is 30.2. The maximum Gasteiger partial charge on any atom is 0.312 e. The second-order valence-electron chi connectivity index (χ2n) is 9.54. The maximum atomic E-state index is 14.2. The van der Waals surface area contributed by atoms with Crippen molar-refractivity contribution in [2.45, 2.75) is 48.4 Å². The van der Waals surface area contributed by atoms with E-state index in [1.165, 1.54) is 6.08 Å². The van der Waals surface area contributed by atoms with Gasteiger partial charge in [-0.15, -0.1) is 6.58 Å². The molecular weight excluding hydrogens is 528 g/mol. The Hall–Kier alpha value is -2.49. The number of unbranched alkanes of at least 4 members (excludes halogenated alkanes) is 1. The lowest BCUT2D eigenvalue weighted by molar-refractivity contribution is -0.154. The Morgan fingerprint density at radius 3 is 2.67 bits per heavy atom. The Balaban J connectivity index is 1.71. The number of aliphatic hydroxyl groups is 1. The van der Waals surface area contributed by atoms with Crippen molar-refractivity contribution in [2.24, 2.45) is 11.8 Å². The van der Waals surface area contributed by atoms with E-state index in [1.54, 1.807) is 15.9 Å². The van der Waals surface area contributed by atoms with E-state index in [9.17, 15) is 19.5 Å². The minimum atomic E-state index is -1.14. The van der Waals surface area contributed by atoms with Gasteiger partial charge in [0.2, 0.25) is 11.8 Å². The maximum absolute atomic E-state index is 14.2. The number of nitrogens with zero attached hydrogens (tertiary/aromatic N) is 2. The molecule has 1 N–H and O–H groups in total. The van der Waals surface area contributed by atoms with E-state index in [0.29, 0.717) is 32.4 Å². The number of carbonyl (C=O) groups excluding carboxylic acids is 3. The molecule has 2 bridgehead atoms. The molecule has 36 heavy (non-hydrogen) atoms. The summed E-state index contributed by atoms with van der Waals surface area (Å²) in [7, 11) is 0. The fourth-order valence-corrected chi connectivity index (χ4v) is 6.86. The third-order valence-electron chi connectivity index (χ3n) is 7.32. The number of rotatable bonds is 12. The van der Waals surface area contributed by atoms with Gasteiger partial charge in [0.15, 0.2) is 0 Å². The summed E-state index contributed by atoms with van der Waals surface area (Å²) in [6.45, 7) is 8.39. The van der Waals surface area contributed by atoms with Crippen molar-refractivity contribution in [3.8, 4) is 0 Å². The first kappa shape index (κ1) is 26.6. The zero-order valence-corrected chi connectivity index (χ0v) is 21.8. The number of amides is 2. The Morgan fingerprint density at radius 2 is 2.00 bits per heavy atom. The van der Waals surface area contributed by atoms with E-state index in [1.807, 2.05) is 30.3 Å². The average molecular weight is 561 g/mol. The fourth-order valence-electron chi connectivity index (χ4n) is 5.91. The number of fused-ring (bicyclic) bond motifs is 1. The topological polar surface area (TPSA) is 96.4 Å². The number of aliphatic hydroxyl groups excluding tert-OH is 1. The standard InChI is InChI=1S/C27H33BrN2O6/c1-3-12-29(17-18-10-6-5-7-11-18)25(33)23-27-16-19(28)22(36-27)20(26(34)35-15-4-2)21(27)24(32)30(23)13-8-9-14-31/h3-7,10-11,19-23,31H,1-2,8-9,12-17H2/t19?,20-,21+,22-,23?,27?/m1/s1. The molecule has 3 fully saturated rings. The zero-order chi connectivity index (χ0) is 25.9. The molecule has 4 rings (SSSR count). The van der Waals surface area contributed by atoms with Crippen LogP contribution in [0.1, 0.15) is 24.8 Å². The van der Waals surface area contributed by atoms with Crippen LogP contribution in [0.25, 0.3) is 0 Å². The van der Waals surface area contributed by atoms with Crippen LogP contribution in [0.4, 0.5) is 0 Å². The molecule has 3 saturated heterocycles. The molecule has 9 heteroatoms. The van der Waals surface area contributed by atoms with Crippen molar-refractivity contribution in [1.82, 2.24) is 9.80 Å². The highest BCUT2D eigenvalue weighted by Crippen LogP contribution is 2.60. The Bertz CT molecular complexity index is 1000. The molecule has 8 nitrogen and oxygen atoms in total. The van der Waals surface area contributed by atoms with E-state index < -0.39 is 35.6 Å². The van der Waals surface area contributed by atoms with Gasteiger partial charge in [0, 0.05) is 31.1 Å². The first-order chi connectivity index (χ1) is 17.4. The molecule has 0 aliphatic carbocycles. The summed E-state index contributed by atoms with van der Waals surface area (Å²) in [6.07, 6.45) is 4.04. The van der Waals surface area contributed by atoms with E-state index in [0.717, 1.165) is 5.56 Å². The highest BCUT2D eigenvalue weighted by Gasteiger charge is 2.77. The van der Waals surface area contributed by atoms with Crippen LogP contribution < -0.4 is 0 Å². The largest absolute Gasteiger partial charge is 0.461 e. The monoisotopic (exact) mass is 560 g/mol. The number of hydrogen-bond acceptors (Lipinski definition) is 6. The summed E-state index contributed by atoms with van der Waals surface area (Å²) >= 11 is 3.65. The lowest BCUT2D eigenvalue weighted by Crippen LogP contribution is -2.56.